The van der Waals surface area contributed by atoms with Gasteiger partial charge >= 0.3 is 0 Å². The van der Waals surface area contributed by atoms with Gasteiger partial charge in [-0.15, -0.1) is 0 Å². The summed E-state index contributed by atoms with van der Waals surface area (Å²) in [6.45, 7) is 8.12. The number of hydrogen-bond donors (Lipinski definition) is 1. The number of aromatic amines is 1. The first-order valence-corrected chi connectivity index (χ1v) is 13.9. The fourth-order valence-corrected chi connectivity index (χ4v) is 5.46. The topological polar surface area (TPSA) is 90.0 Å². The molecule has 0 aliphatic carbocycles. The monoisotopic (exact) mass is 553 g/mol. The molecule has 0 unspecified atom stereocenters. The van der Waals surface area contributed by atoms with E-state index in [0.717, 1.165) is 45.0 Å². The van der Waals surface area contributed by atoms with Crippen LogP contribution in [0.3, 0.4) is 0 Å². The average molecular weight is 555 g/mol. The number of aryl methyl sites for hydroxylation is 4. The Kier molecular flexibility index (Phi) is 7.26. The van der Waals surface area contributed by atoms with Crippen molar-refractivity contribution >= 4 is 53.4 Å². The van der Waals surface area contributed by atoms with Crippen molar-refractivity contribution in [2.24, 2.45) is 0 Å². The molecule has 0 amide bonds. The molecule has 0 radical (unpaired) electrons. The lowest BCUT2D eigenvalue weighted by Crippen LogP contribution is -2.28. The number of fused-ring (bicyclic) bond motifs is 5. The van der Waals surface area contributed by atoms with E-state index in [1.54, 1.807) is 12.1 Å². The SMILES string of the molecule is CCc1cc2c3nc4ccc(Br)cc4c3cc[n+]2[nH]c1CC.Cc1cc(C)cc(CS(=O)(=O)[O-])c1. The Labute approximate surface area is 213 Å². The number of rotatable bonds is 4. The summed E-state index contributed by atoms with van der Waals surface area (Å²) in [5, 5.41) is 5.91. The van der Waals surface area contributed by atoms with Gasteiger partial charge in [-0.2, -0.15) is 5.10 Å². The highest BCUT2D eigenvalue weighted by Gasteiger charge is 2.17. The molecule has 3 heterocycles. The van der Waals surface area contributed by atoms with E-state index >= 15 is 0 Å². The second-order valence-electron chi connectivity index (χ2n) is 8.77. The normalized spacial score (nSPS) is 11.7. The summed E-state index contributed by atoms with van der Waals surface area (Å²) in [5.41, 5.74) is 8.40. The lowest BCUT2D eigenvalue weighted by atomic mass is 10.1. The molecule has 8 heteroatoms. The van der Waals surface area contributed by atoms with Crippen LogP contribution in [0.4, 0.5) is 0 Å². The molecule has 0 saturated heterocycles. The third-order valence-electron chi connectivity index (χ3n) is 5.94. The summed E-state index contributed by atoms with van der Waals surface area (Å²) in [4.78, 5) is 4.85. The van der Waals surface area contributed by atoms with Crippen LogP contribution >= 0.6 is 15.9 Å². The van der Waals surface area contributed by atoms with E-state index in [0.29, 0.717) is 5.56 Å². The molecular formula is C27H28BrN3O3S. The van der Waals surface area contributed by atoms with E-state index in [-0.39, 0.29) is 0 Å². The van der Waals surface area contributed by atoms with Gasteiger partial charge in [0.2, 0.25) is 6.20 Å². The van der Waals surface area contributed by atoms with E-state index in [1.807, 2.05) is 26.0 Å². The molecule has 35 heavy (non-hydrogen) atoms. The van der Waals surface area contributed by atoms with Crippen LogP contribution in [0.2, 0.25) is 0 Å². The van der Waals surface area contributed by atoms with Crippen LogP contribution in [0.15, 0.2) is 59.2 Å². The lowest BCUT2D eigenvalue weighted by molar-refractivity contribution is -0.580. The van der Waals surface area contributed by atoms with Gasteiger partial charge in [0, 0.05) is 27.4 Å². The van der Waals surface area contributed by atoms with Crippen molar-refractivity contribution in [3.05, 3.63) is 87.1 Å². The van der Waals surface area contributed by atoms with E-state index in [9.17, 15) is 13.0 Å². The summed E-state index contributed by atoms with van der Waals surface area (Å²) in [6, 6.07) is 16.0. The van der Waals surface area contributed by atoms with Crippen LogP contribution in [0.5, 0.6) is 0 Å². The van der Waals surface area contributed by atoms with Crippen LogP contribution in [0, 0.1) is 13.8 Å². The van der Waals surface area contributed by atoms with Crippen LogP contribution in [-0.4, -0.2) is 23.1 Å². The van der Waals surface area contributed by atoms with Crippen molar-refractivity contribution < 1.29 is 17.5 Å². The number of hydrogen-bond acceptors (Lipinski definition) is 4. The summed E-state index contributed by atoms with van der Waals surface area (Å²) < 4.78 is 34.6. The second-order valence-corrected chi connectivity index (χ2v) is 11.1. The first-order valence-electron chi connectivity index (χ1n) is 11.5. The number of H-pyrrole nitrogens is 1. The smallest absolute Gasteiger partial charge is 0.262 e. The van der Waals surface area contributed by atoms with Gasteiger partial charge in [-0.3, -0.25) is 0 Å². The molecule has 0 aliphatic heterocycles. The summed E-state index contributed by atoms with van der Waals surface area (Å²) in [6.07, 6.45) is 4.13. The van der Waals surface area contributed by atoms with Crippen LogP contribution in [0.1, 0.15) is 41.8 Å². The Morgan fingerprint density at radius 1 is 0.971 bits per heavy atom. The molecule has 3 aromatic heterocycles. The van der Waals surface area contributed by atoms with Crippen LogP contribution in [-0.2, 0) is 28.7 Å². The molecular weight excluding hydrogens is 526 g/mol. The molecule has 182 valence electrons. The van der Waals surface area contributed by atoms with Gasteiger partial charge in [-0.1, -0.05) is 63.6 Å². The standard InChI is InChI=1S/C18H16BrN3.C9H12O3S/c1-3-11-9-17-18-13(7-8-22(17)21-15(11)4-2)14-10-12(19)5-6-16(14)20-18;1-7-3-8(2)5-9(4-7)6-13(10,11)12/h5-10H,3-4H2,1-2H3;3-5H,6H2,1-2H3,(H,10,11,12). The zero-order valence-corrected chi connectivity index (χ0v) is 22.6. The predicted molar refractivity (Wildman–Crippen MR) is 143 cm³/mol. The Morgan fingerprint density at radius 3 is 2.31 bits per heavy atom. The number of aromatic nitrogens is 3. The molecule has 0 fully saturated rings. The molecule has 0 bridgehead atoms. The van der Waals surface area contributed by atoms with E-state index < -0.39 is 15.9 Å². The molecule has 0 spiro atoms. The maximum Gasteiger partial charge on any atom is 0.262 e. The Bertz CT molecular complexity index is 1640. The van der Waals surface area contributed by atoms with Crippen LogP contribution in [0.25, 0.3) is 27.3 Å². The largest absolute Gasteiger partial charge is 0.748 e. The van der Waals surface area contributed by atoms with Crippen molar-refractivity contribution in [2.75, 3.05) is 0 Å². The molecule has 5 aromatic rings. The Balaban J connectivity index is 0.000000191. The fourth-order valence-electron chi connectivity index (χ4n) is 4.52. The molecule has 0 saturated carbocycles. The second kappa shape index (κ2) is 10.0. The lowest BCUT2D eigenvalue weighted by Gasteiger charge is -2.08. The molecule has 0 aliphatic rings. The van der Waals surface area contributed by atoms with E-state index in [2.05, 4.69) is 69.9 Å². The van der Waals surface area contributed by atoms with Gasteiger partial charge in [0.1, 0.15) is 5.52 Å². The maximum absolute atomic E-state index is 10.5. The van der Waals surface area contributed by atoms with E-state index in [4.69, 9.17) is 4.98 Å². The number of benzene rings is 2. The first-order chi connectivity index (χ1) is 16.6. The van der Waals surface area contributed by atoms with Gasteiger partial charge in [0.05, 0.1) is 27.1 Å². The minimum atomic E-state index is -4.16. The zero-order valence-electron chi connectivity index (χ0n) is 20.2. The highest BCUT2D eigenvalue weighted by atomic mass is 79.9. The number of pyridine rings is 1. The van der Waals surface area contributed by atoms with Gasteiger partial charge < -0.3 is 4.55 Å². The van der Waals surface area contributed by atoms with Crippen molar-refractivity contribution in [1.29, 1.82) is 0 Å². The third-order valence-corrected chi connectivity index (χ3v) is 7.12. The Morgan fingerprint density at radius 2 is 1.69 bits per heavy atom. The molecule has 1 N–H and O–H groups in total. The van der Waals surface area contributed by atoms with Crippen molar-refractivity contribution in [3.63, 3.8) is 0 Å². The summed E-state index contributed by atoms with van der Waals surface area (Å²) in [5.74, 6) is -0.421. The number of halogens is 1. The quantitative estimate of drug-likeness (QED) is 0.228. The first kappa shape index (κ1) is 25.3. The molecule has 2 aromatic carbocycles. The van der Waals surface area contributed by atoms with Gasteiger partial charge in [0.15, 0.2) is 0 Å². The van der Waals surface area contributed by atoms with Crippen LogP contribution < -0.4 is 4.52 Å². The minimum Gasteiger partial charge on any atom is -0.748 e. The van der Waals surface area contributed by atoms with Crippen molar-refractivity contribution in [3.8, 4) is 0 Å². The zero-order chi connectivity index (χ0) is 25.3. The fraction of sp³-hybridized carbons (Fsp3) is 0.259. The molecule has 5 rings (SSSR count). The average Bonchev–Trinajstić information content (AvgIpc) is 3.14. The summed E-state index contributed by atoms with van der Waals surface area (Å²) in [7, 11) is -4.16. The summed E-state index contributed by atoms with van der Waals surface area (Å²) >= 11 is 3.56. The number of nitrogens with one attached hydrogen (secondary N) is 1. The van der Waals surface area contributed by atoms with E-state index in [1.165, 1.54) is 22.0 Å². The van der Waals surface area contributed by atoms with Crippen molar-refractivity contribution in [2.45, 2.75) is 46.3 Å². The third kappa shape index (κ3) is 5.72. The minimum absolute atomic E-state index is 0.421. The maximum atomic E-state index is 10.5. The number of nitrogens with zero attached hydrogens (tertiary/aromatic N) is 2. The predicted octanol–water partition coefficient (Wildman–Crippen LogP) is 5.69. The molecule has 6 nitrogen and oxygen atoms in total. The van der Waals surface area contributed by atoms with Crippen molar-refractivity contribution in [1.82, 2.24) is 10.1 Å². The van der Waals surface area contributed by atoms with Gasteiger partial charge in [-0.25, -0.2) is 13.4 Å². The highest BCUT2D eigenvalue weighted by molar-refractivity contribution is 9.10. The Hall–Kier alpha value is -2.81. The van der Waals surface area contributed by atoms with Gasteiger partial charge in [-0.05, 0) is 56.0 Å². The van der Waals surface area contributed by atoms with Gasteiger partial charge in [0.25, 0.3) is 5.52 Å². The molecule has 0 atom stereocenters. The highest BCUT2D eigenvalue weighted by Crippen LogP contribution is 2.29.